The Morgan fingerprint density at radius 1 is 1.32 bits per heavy atom. The second-order valence-electron chi connectivity index (χ2n) is 3.87. The number of nitrogen functional groups attached to an aromatic ring is 1. The third-order valence-corrected chi connectivity index (χ3v) is 3.29. The molecule has 0 unspecified atom stereocenters. The first-order chi connectivity index (χ1) is 9.08. The number of hydrogen-bond acceptors (Lipinski definition) is 3. The molecule has 6 heteroatoms. The number of benzene rings is 1. The molecule has 2 rings (SSSR count). The van der Waals surface area contributed by atoms with Crippen molar-refractivity contribution in [1.82, 2.24) is 10.3 Å². The van der Waals surface area contributed by atoms with Crippen molar-refractivity contribution in [2.75, 3.05) is 5.73 Å². The van der Waals surface area contributed by atoms with E-state index < -0.39 is 0 Å². The van der Waals surface area contributed by atoms with E-state index in [0.29, 0.717) is 12.1 Å². The number of halogens is 2. The van der Waals surface area contributed by atoms with Crippen molar-refractivity contribution < 1.29 is 4.79 Å². The molecule has 0 aliphatic carbocycles. The topological polar surface area (TPSA) is 68.0 Å². The molecule has 1 amide bonds. The van der Waals surface area contributed by atoms with Gasteiger partial charge in [-0.15, -0.1) is 0 Å². The van der Waals surface area contributed by atoms with E-state index in [-0.39, 0.29) is 21.6 Å². The van der Waals surface area contributed by atoms with E-state index in [1.165, 1.54) is 12.1 Å². The third kappa shape index (κ3) is 3.36. The number of pyridine rings is 1. The quantitative estimate of drug-likeness (QED) is 0.856. The van der Waals surface area contributed by atoms with Crippen molar-refractivity contribution in [1.29, 1.82) is 0 Å². The van der Waals surface area contributed by atoms with Crippen LogP contribution in [0, 0.1) is 0 Å². The highest BCUT2D eigenvalue weighted by Gasteiger charge is 2.11. The zero-order valence-corrected chi connectivity index (χ0v) is 11.4. The van der Waals surface area contributed by atoms with Crippen LogP contribution in [0.2, 0.25) is 10.0 Å². The Labute approximate surface area is 120 Å². The van der Waals surface area contributed by atoms with Gasteiger partial charge in [0.15, 0.2) is 0 Å². The Kier molecular flexibility index (Phi) is 4.24. The lowest BCUT2D eigenvalue weighted by atomic mass is 10.2. The van der Waals surface area contributed by atoms with Gasteiger partial charge in [0, 0.05) is 11.8 Å². The lowest BCUT2D eigenvalue weighted by Crippen LogP contribution is -2.23. The highest BCUT2D eigenvalue weighted by molar-refractivity contribution is 6.43. The van der Waals surface area contributed by atoms with Crippen molar-refractivity contribution in [3.63, 3.8) is 0 Å². The van der Waals surface area contributed by atoms with Crippen molar-refractivity contribution in [3.8, 4) is 0 Å². The predicted molar refractivity (Wildman–Crippen MR) is 76.3 cm³/mol. The molecule has 0 aliphatic heterocycles. The molecule has 98 valence electrons. The Bertz CT molecular complexity index is 579. The first-order valence-corrected chi connectivity index (χ1v) is 6.26. The smallest absolute Gasteiger partial charge is 0.251 e. The van der Waals surface area contributed by atoms with Crippen LogP contribution in [0.3, 0.4) is 0 Å². The van der Waals surface area contributed by atoms with E-state index in [1.807, 2.05) is 18.2 Å². The second kappa shape index (κ2) is 5.91. The number of hydrogen-bond donors (Lipinski definition) is 2. The normalized spacial score (nSPS) is 10.2. The Balaban J connectivity index is 2.08. The molecule has 0 aliphatic rings. The van der Waals surface area contributed by atoms with Gasteiger partial charge in [-0.2, -0.15) is 0 Å². The molecule has 4 nitrogen and oxygen atoms in total. The van der Waals surface area contributed by atoms with Crippen LogP contribution in [0.15, 0.2) is 36.5 Å². The molecule has 0 atom stereocenters. The summed E-state index contributed by atoms with van der Waals surface area (Å²) in [6.45, 7) is 0.333. The fraction of sp³-hybridized carbons (Fsp3) is 0.0769. The minimum atomic E-state index is -0.282. The molecule has 19 heavy (non-hydrogen) atoms. The second-order valence-corrected chi connectivity index (χ2v) is 4.65. The predicted octanol–water partition coefficient (Wildman–Crippen LogP) is 2.90. The molecule has 2 aromatic rings. The molecule has 1 heterocycles. The van der Waals surface area contributed by atoms with Gasteiger partial charge in [-0.25, -0.2) is 0 Å². The number of nitrogens with two attached hydrogens (primary N) is 1. The molecule has 3 N–H and O–H groups in total. The average Bonchev–Trinajstić information content (AvgIpc) is 2.42. The number of nitrogens with one attached hydrogen (secondary N) is 1. The summed E-state index contributed by atoms with van der Waals surface area (Å²) in [5.41, 5.74) is 7.06. The zero-order valence-electron chi connectivity index (χ0n) is 9.86. The average molecular weight is 296 g/mol. The minimum Gasteiger partial charge on any atom is -0.397 e. The molecule has 0 radical (unpaired) electrons. The molecular formula is C13H11Cl2N3O. The van der Waals surface area contributed by atoms with Gasteiger partial charge >= 0.3 is 0 Å². The monoisotopic (exact) mass is 295 g/mol. The highest BCUT2D eigenvalue weighted by atomic mass is 35.5. The Hall–Kier alpha value is -1.78. The third-order valence-electron chi connectivity index (χ3n) is 2.47. The van der Waals surface area contributed by atoms with Crippen LogP contribution in [0.4, 0.5) is 5.69 Å². The first kappa shape index (κ1) is 13.6. The summed E-state index contributed by atoms with van der Waals surface area (Å²) in [7, 11) is 0. The fourth-order valence-electron chi connectivity index (χ4n) is 1.52. The van der Waals surface area contributed by atoms with Gasteiger partial charge < -0.3 is 11.1 Å². The van der Waals surface area contributed by atoms with Crippen LogP contribution < -0.4 is 11.1 Å². The van der Waals surface area contributed by atoms with E-state index in [0.717, 1.165) is 5.69 Å². The van der Waals surface area contributed by atoms with Crippen LogP contribution in [-0.2, 0) is 6.54 Å². The molecule has 0 spiro atoms. The standard InChI is InChI=1S/C13H11Cl2N3O/c14-10-5-8(6-11(16)12(10)15)13(19)18-7-9-3-1-2-4-17-9/h1-6H,7,16H2,(H,18,19). The van der Waals surface area contributed by atoms with Crippen molar-refractivity contribution >= 4 is 34.8 Å². The van der Waals surface area contributed by atoms with E-state index in [1.54, 1.807) is 6.20 Å². The maximum Gasteiger partial charge on any atom is 0.251 e. The van der Waals surface area contributed by atoms with Gasteiger partial charge in [0.1, 0.15) is 0 Å². The summed E-state index contributed by atoms with van der Waals surface area (Å²) in [6.07, 6.45) is 1.67. The molecule has 0 saturated heterocycles. The van der Waals surface area contributed by atoms with Crippen LogP contribution in [0.25, 0.3) is 0 Å². The lowest BCUT2D eigenvalue weighted by Gasteiger charge is -2.07. The van der Waals surface area contributed by atoms with Crippen LogP contribution in [0.1, 0.15) is 16.1 Å². The number of carbonyl (C=O) groups excluding carboxylic acids is 1. The van der Waals surface area contributed by atoms with Crippen LogP contribution in [-0.4, -0.2) is 10.9 Å². The summed E-state index contributed by atoms with van der Waals surface area (Å²) in [5, 5.41) is 3.24. The maximum absolute atomic E-state index is 11.9. The molecule has 1 aromatic carbocycles. The van der Waals surface area contributed by atoms with Crippen LogP contribution >= 0.6 is 23.2 Å². The largest absolute Gasteiger partial charge is 0.397 e. The Morgan fingerprint density at radius 2 is 2.11 bits per heavy atom. The number of amides is 1. The van der Waals surface area contributed by atoms with Gasteiger partial charge in [-0.1, -0.05) is 29.3 Å². The summed E-state index contributed by atoms with van der Waals surface area (Å²) < 4.78 is 0. The number of rotatable bonds is 3. The SMILES string of the molecule is Nc1cc(C(=O)NCc2ccccn2)cc(Cl)c1Cl. The number of anilines is 1. The van der Waals surface area contributed by atoms with Gasteiger partial charge in [0.25, 0.3) is 5.91 Å². The molecule has 1 aromatic heterocycles. The van der Waals surface area contributed by atoms with Gasteiger partial charge in [-0.05, 0) is 24.3 Å². The number of aromatic nitrogens is 1. The summed E-state index contributed by atoms with van der Waals surface area (Å²) >= 11 is 11.7. The van der Waals surface area contributed by atoms with Crippen molar-refractivity contribution in [2.24, 2.45) is 0 Å². The van der Waals surface area contributed by atoms with Gasteiger partial charge in [0.2, 0.25) is 0 Å². The van der Waals surface area contributed by atoms with Crippen molar-refractivity contribution in [2.45, 2.75) is 6.54 Å². The minimum absolute atomic E-state index is 0.253. The molecular weight excluding hydrogens is 285 g/mol. The van der Waals surface area contributed by atoms with E-state index in [4.69, 9.17) is 28.9 Å². The maximum atomic E-state index is 11.9. The van der Waals surface area contributed by atoms with E-state index in [9.17, 15) is 4.79 Å². The fourth-order valence-corrected chi connectivity index (χ4v) is 1.85. The molecule has 0 bridgehead atoms. The van der Waals surface area contributed by atoms with Gasteiger partial charge in [-0.3, -0.25) is 9.78 Å². The molecule has 0 fully saturated rings. The summed E-state index contributed by atoms with van der Waals surface area (Å²) in [6, 6.07) is 8.45. The first-order valence-electron chi connectivity index (χ1n) is 5.50. The number of nitrogens with zero attached hydrogens (tertiary/aromatic N) is 1. The zero-order chi connectivity index (χ0) is 13.8. The number of carbonyl (C=O) groups is 1. The summed E-state index contributed by atoms with van der Waals surface area (Å²) in [4.78, 5) is 16.0. The lowest BCUT2D eigenvalue weighted by molar-refractivity contribution is 0.0950. The van der Waals surface area contributed by atoms with Gasteiger partial charge in [0.05, 0.1) is 28.0 Å². The van der Waals surface area contributed by atoms with E-state index in [2.05, 4.69) is 10.3 Å². The summed E-state index contributed by atoms with van der Waals surface area (Å²) in [5.74, 6) is -0.282. The van der Waals surface area contributed by atoms with Crippen LogP contribution in [0.5, 0.6) is 0 Å². The van der Waals surface area contributed by atoms with Crippen molar-refractivity contribution in [3.05, 3.63) is 57.8 Å². The van der Waals surface area contributed by atoms with E-state index >= 15 is 0 Å². The highest BCUT2D eigenvalue weighted by Crippen LogP contribution is 2.29. The molecule has 0 saturated carbocycles. The Morgan fingerprint density at radius 3 is 2.74 bits per heavy atom.